The van der Waals surface area contributed by atoms with Gasteiger partial charge in [0.1, 0.15) is 11.2 Å². The molecule has 0 N–H and O–H groups in total. The average Bonchev–Trinajstić information content (AvgIpc) is 3.67. The van der Waals surface area contributed by atoms with Gasteiger partial charge in [0.15, 0.2) is 0 Å². The normalized spacial score (nSPS) is 16.0. The fourth-order valence-electron chi connectivity index (χ4n) is 8.89. The molecule has 1 aliphatic carbocycles. The Bertz CT molecular complexity index is 3350. The van der Waals surface area contributed by atoms with E-state index in [1.165, 1.54) is 16.3 Å². The molecule has 0 bridgehead atoms. The maximum Gasteiger partial charge on any atom is 0.139 e. The summed E-state index contributed by atoms with van der Waals surface area (Å²) in [6.45, 7) is 0. The number of aliphatic imine (C=N–C) groups is 1. The SMILES string of the molecule is C1=CC2N=C(c3ccc(-c4ccc5ccc(-c6ccc7ccc8ccc(-c9ccccc9)nc8c7n6)cc5c4)cc3)c3ccc4c(oc5ccccc54)c3C2C=C1. The van der Waals surface area contributed by atoms with Gasteiger partial charge in [0.05, 0.1) is 34.2 Å². The van der Waals surface area contributed by atoms with Crippen LogP contribution in [0.3, 0.4) is 0 Å². The van der Waals surface area contributed by atoms with Crippen molar-refractivity contribution in [2.75, 3.05) is 0 Å². The third-order valence-electron chi connectivity index (χ3n) is 11.8. The number of fused-ring (bicyclic) bond motifs is 11. The Morgan fingerprint density at radius 1 is 0.439 bits per heavy atom. The second kappa shape index (κ2) is 12.6. The topological polar surface area (TPSA) is 51.3 Å². The Morgan fingerprint density at radius 2 is 1.07 bits per heavy atom. The summed E-state index contributed by atoms with van der Waals surface area (Å²) >= 11 is 0. The summed E-state index contributed by atoms with van der Waals surface area (Å²) in [7, 11) is 0. The highest BCUT2D eigenvalue weighted by Crippen LogP contribution is 2.43. The number of aromatic nitrogens is 2. The number of allylic oxidation sites excluding steroid dienone is 2. The summed E-state index contributed by atoms with van der Waals surface area (Å²) in [5, 5.41) is 6.82. The Labute approximate surface area is 328 Å². The van der Waals surface area contributed by atoms with Gasteiger partial charge in [-0.2, -0.15) is 0 Å². The summed E-state index contributed by atoms with van der Waals surface area (Å²) < 4.78 is 6.57. The molecule has 2 unspecified atom stereocenters. The lowest BCUT2D eigenvalue weighted by molar-refractivity contribution is 0.641. The third-order valence-corrected chi connectivity index (χ3v) is 11.8. The molecule has 2 aliphatic rings. The Kier molecular flexibility index (Phi) is 7.02. The van der Waals surface area contributed by atoms with Crippen molar-refractivity contribution in [2.45, 2.75) is 12.0 Å². The minimum atomic E-state index is 0.0181. The molecule has 57 heavy (non-hydrogen) atoms. The third kappa shape index (κ3) is 5.18. The Morgan fingerprint density at radius 3 is 1.88 bits per heavy atom. The minimum Gasteiger partial charge on any atom is -0.456 e. The summed E-state index contributed by atoms with van der Waals surface area (Å²) in [4.78, 5) is 15.7. The molecule has 266 valence electrons. The predicted molar refractivity (Wildman–Crippen MR) is 235 cm³/mol. The van der Waals surface area contributed by atoms with Crippen LogP contribution in [-0.4, -0.2) is 21.7 Å². The lowest BCUT2D eigenvalue weighted by Crippen LogP contribution is -2.25. The van der Waals surface area contributed by atoms with Crippen LogP contribution in [-0.2, 0) is 0 Å². The quantitative estimate of drug-likeness (QED) is 0.170. The number of para-hydroxylation sites is 1. The van der Waals surface area contributed by atoms with Crippen LogP contribution in [0.5, 0.6) is 0 Å². The van der Waals surface area contributed by atoms with E-state index in [0.717, 1.165) is 94.2 Å². The van der Waals surface area contributed by atoms with Crippen molar-refractivity contribution < 1.29 is 4.42 Å². The molecule has 10 aromatic rings. The predicted octanol–water partition coefficient (Wildman–Crippen LogP) is 13.3. The monoisotopic (exact) mass is 727 g/mol. The number of furan rings is 1. The lowest BCUT2D eigenvalue weighted by Gasteiger charge is -2.30. The van der Waals surface area contributed by atoms with E-state index in [-0.39, 0.29) is 12.0 Å². The van der Waals surface area contributed by atoms with Crippen LogP contribution in [0, 0.1) is 0 Å². The zero-order valence-electron chi connectivity index (χ0n) is 30.8. The maximum absolute atomic E-state index is 6.57. The Balaban J connectivity index is 0.900. The van der Waals surface area contributed by atoms with E-state index >= 15 is 0 Å². The minimum absolute atomic E-state index is 0.0181. The first-order valence-electron chi connectivity index (χ1n) is 19.5. The van der Waals surface area contributed by atoms with Gasteiger partial charge in [-0.15, -0.1) is 0 Å². The van der Waals surface area contributed by atoms with Crippen molar-refractivity contribution in [1.29, 1.82) is 0 Å². The van der Waals surface area contributed by atoms with E-state index in [4.69, 9.17) is 19.4 Å². The second-order valence-electron chi connectivity index (χ2n) is 15.1. The molecule has 4 heterocycles. The van der Waals surface area contributed by atoms with Gasteiger partial charge in [0.25, 0.3) is 0 Å². The zero-order chi connectivity index (χ0) is 37.5. The van der Waals surface area contributed by atoms with Crippen molar-refractivity contribution in [3.05, 3.63) is 205 Å². The highest BCUT2D eigenvalue weighted by Gasteiger charge is 2.33. The molecule has 1 aliphatic heterocycles. The molecule has 3 aromatic heterocycles. The fraction of sp³-hybridized carbons (Fsp3) is 0.0377. The van der Waals surface area contributed by atoms with Gasteiger partial charge in [0.2, 0.25) is 0 Å². The van der Waals surface area contributed by atoms with Crippen molar-refractivity contribution in [3.8, 4) is 33.6 Å². The number of pyridine rings is 2. The number of nitrogens with zero attached hydrogens (tertiary/aromatic N) is 3. The molecule has 0 fully saturated rings. The largest absolute Gasteiger partial charge is 0.456 e. The fourth-order valence-corrected chi connectivity index (χ4v) is 8.89. The van der Waals surface area contributed by atoms with Crippen LogP contribution >= 0.6 is 0 Å². The van der Waals surface area contributed by atoms with Crippen LogP contribution < -0.4 is 0 Å². The number of benzene rings is 7. The molecular formula is C53H33N3O. The van der Waals surface area contributed by atoms with Crippen molar-refractivity contribution >= 4 is 60.2 Å². The van der Waals surface area contributed by atoms with E-state index in [1.54, 1.807) is 0 Å². The molecule has 7 aromatic carbocycles. The van der Waals surface area contributed by atoms with Gasteiger partial charge < -0.3 is 4.42 Å². The van der Waals surface area contributed by atoms with E-state index < -0.39 is 0 Å². The maximum atomic E-state index is 6.57. The average molecular weight is 728 g/mol. The summed E-state index contributed by atoms with van der Waals surface area (Å²) in [6, 6.07) is 58.1. The molecular weight excluding hydrogens is 695 g/mol. The second-order valence-corrected chi connectivity index (χ2v) is 15.1. The van der Waals surface area contributed by atoms with E-state index in [0.29, 0.717) is 0 Å². The number of hydrogen-bond donors (Lipinski definition) is 0. The zero-order valence-corrected chi connectivity index (χ0v) is 30.8. The standard InChI is InChI=1S/C53H33N3O/c1-2-8-34(9-3-1)45-28-24-36-20-21-37-25-29-46(55-52(37)51(36)54-45)39-23-17-33-16-22-38(30-40(33)31-39)32-14-18-35(19-15-32)50-44-27-26-42-41-10-5-7-13-48(41)57-53(42)49(44)43-11-4-6-12-47(43)56-50/h1-31,43,47H. The van der Waals surface area contributed by atoms with E-state index in [9.17, 15) is 0 Å². The molecule has 12 rings (SSSR count). The van der Waals surface area contributed by atoms with E-state index in [1.807, 2.05) is 24.3 Å². The molecule has 0 saturated heterocycles. The number of hydrogen-bond acceptors (Lipinski definition) is 4. The summed E-state index contributed by atoms with van der Waals surface area (Å²) in [5.74, 6) is 0.132. The summed E-state index contributed by atoms with van der Waals surface area (Å²) in [6.07, 6.45) is 8.72. The van der Waals surface area contributed by atoms with Crippen molar-refractivity contribution in [2.24, 2.45) is 4.99 Å². The molecule has 2 atom stereocenters. The summed E-state index contributed by atoms with van der Waals surface area (Å²) in [5.41, 5.74) is 14.5. The van der Waals surface area contributed by atoms with Crippen LogP contribution in [0.1, 0.15) is 22.6 Å². The molecule has 4 nitrogen and oxygen atoms in total. The van der Waals surface area contributed by atoms with Crippen LogP contribution in [0.4, 0.5) is 0 Å². The first-order chi connectivity index (χ1) is 28.2. The first kappa shape index (κ1) is 31.9. The number of rotatable bonds is 4. The molecule has 0 radical (unpaired) electrons. The molecule has 4 heteroatoms. The van der Waals surface area contributed by atoms with Crippen LogP contribution in [0.15, 0.2) is 198 Å². The van der Waals surface area contributed by atoms with Gasteiger partial charge in [-0.25, -0.2) is 9.97 Å². The van der Waals surface area contributed by atoms with Crippen molar-refractivity contribution in [1.82, 2.24) is 9.97 Å². The van der Waals surface area contributed by atoms with Crippen LogP contribution in [0.25, 0.3) is 88.2 Å². The van der Waals surface area contributed by atoms with Gasteiger partial charge in [-0.05, 0) is 58.3 Å². The Hall–Kier alpha value is -7.43. The van der Waals surface area contributed by atoms with E-state index in [2.05, 4.69) is 164 Å². The first-order valence-corrected chi connectivity index (χ1v) is 19.5. The van der Waals surface area contributed by atoms with Gasteiger partial charge in [-0.1, -0.05) is 152 Å². The van der Waals surface area contributed by atoms with Gasteiger partial charge in [0, 0.05) is 55.3 Å². The molecule has 0 spiro atoms. The highest BCUT2D eigenvalue weighted by molar-refractivity contribution is 6.18. The van der Waals surface area contributed by atoms with Crippen LogP contribution in [0.2, 0.25) is 0 Å². The smallest absolute Gasteiger partial charge is 0.139 e. The van der Waals surface area contributed by atoms with Gasteiger partial charge >= 0.3 is 0 Å². The van der Waals surface area contributed by atoms with Crippen molar-refractivity contribution in [3.63, 3.8) is 0 Å². The molecule has 0 amide bonds. The highest BCUT2D eigenvalue weighted by atomic mass is 16.3. The van der Waals surface area contributed by atoms with Gasteiger partial charge in [-0.3, -0.25) is 4.99 Å². The molecule has 0 saturated carbocycles. The lowest BCUT2D eigenvalue weighted by atomic mass is 9.79.